The molecule has 0 aromatic heterocycles. The van der Waals surface area contributed by atoms with Gasteiger partial charge in [0.25, 0.3) is 0 Å². The van der Waals surface area contributed by atoms with E-state index in [0.717, 1.165) is 34.7 Å². The van der Waals surface area contributed by atoms with Gasteiger partial charge < -0.3 is 0 Å². The van der Waals surface area contributed by atoms with Crippen LogP contribution < -0.4 is 0 Å². The predicted octanol–water partition coefficient (Wildman–Crippen LogP) is 3.43. The van der Waals surface area contributed by atoms with E-state index in [2.05, 4.69) is 15.9 Å². The molecule has 3 heteroatoms. The molecular formula is C10H10BrClO. The van der Waals surface area contributed by atoms with Gasteiger partial charge in [0.05, 0.1) is 0 Å². The second-order valence-electron chi connectivity index (χ2n) is 2.72. The number of hydrogen-bond acceptors (Lipinski definition) is 1. The topological polar surface area (TPSA) is 17.1 Å². The van der Waals surface area contributed by atoms with E-state index in [1.807, 2.05) is 18.2 Å². The van der Waals surface area contributed by atoms with E-state index >= 15 is 0 Å². The quantitative estimate of drug-likeness (QED) is 0.599. The largest absolute Gasteiger partial charge is 0.298 e. The van der Waals surface area contributed by atoms with Crippen molar-refractivity contribution in [1.82, 2.24) is 0 Å². The molecule has 0 atom stereocenters. The Labute approximate surface area is 91.2 Å². The van der Waals surface area contributed by atoms with E-state index in [9.17, 15) is 4.79 Å². The minimum atomic E-state index is 0.630. The van der Waals surface area contributed by atoms with Crippen molar-refractivity contribution in [3.8, 4) is 0 Å². The zero-order valence-corrected chi connectivity index (χ0v) is 9.44. The minimum absolute atomic E-state index is 0.630. The summed E-state index contributed by atoms with van der Waals surface area (Å²) in [4.78, 5) is 10.7. The molecule has 1 aromatic rings. The summed E-state index contributed by atoms with van der Waals surface area (Å²) >= 11 is 8.92. The number of aldehydes is 1. The SMILES string of the molecule is O=Cc1c(Br)cccc1CCCCl. The number of hydrogen-bond donors (Lipinski definition) is 0. The van der Waals surface area contributed by atoms with Gasteiger partial charge in [-0.05, 0) is 24.5 Å². The highest BCUT2D eigenvalue weighted by atomic mass is 79.9. The molecule has 0 spiro atoms. The van der Waals surface area contributed by atoms with Crippen molar-refractivity contribution in [3.05, 3.63) is 33.8 Å². The molecule has 1 rings (SSSR count). The second-order valence-corrected chi connectivity index (χ2v) is 3.96. The van der Waals surface area contributed by atoms with Crippen LogP contribution in [0.3, 0.4) is 0 Å². The highest BCUT2D eigenvalue weighted by Gasteiger charge is 2.04. The fourth-order valence-corrected chi connectivity index (χ4v) is 1.82. The molecular weight excluding hydrogens is 251 g/mol. The molecule has 0 heterocycles. The summed E-state index contributed by atoms with van der Waals surface area (Å²) in [6.07, 6.45) is 2.64. The van der Waals surface area contributed by atoms with Crippen LogP contribution in [0.15, 0.2) is 22.7 Å². The summed E-state index contributed by atoms with van der Waals surface area (Å²) in [6, 6.07) is 5.76. The third kappa shape index (κ3) is 2.82. The zero-order valence-electron chi connectivity index (χ0n) is 7.09. The summed E-state index contributed by atoms with van der Waals surface area (Å²) in [7, 11) is 0. The van der Waals surface area contributed by atoms with Crippen molar-refractivity contribution in [2.45, 2.75) is 12.8 Å². The maximum Gasteiger partial charge on any atom is 0.151 e. The Morgan fingerprint density at radius 1 is 1.46 bits per heavy atom. The van der Waals surface area contributed by atoms with Gasteiger partial charge in [0.1, 0.15) is 0 Å². The number of halogens is 2. The van der Waals surface area contributed by atoms with E-state index in [0.29, 0.717) is 5.88 Å². The van der Waals surface area contributed by atoms with Crippen LogP contribution >= 0.6 is 27.5 Å². The van der Waals surface area contributed by atoms with Gasteiger partial charge in [0.15, 0.2) is 6.29 Å². The summed E-state index contributed by atoms with van der Waals surface area (Å²) < 4.78 is 0.856. The van der Waals surface area contributed by atoms with Gasteiger partial charge in [-0.2, -0.15) is 0 Å². The number of carbonyl (C=O) groups is 1. The highest BCUT2D eigenvalue weighted by molar-refractivity contribution is 9.10. The zero-order chi connectivity index (χ0) is 9.68. The van der Waals surface area contributed by atoms with Crippen LogP contribution in [0.4, 0.5) is 0 Å². The smallest absolute Gasteiger partial charge is 0.151 e. The Morgan fingerprint density at radius 2 is 2.23 bits per heavy atom. The van der Waals surface area contributed by atoms with Crippen LogP contribution in [0.5, 0.6) is 0 Å². The fraction of sp³-hybridized carbons (Fsp3) is 0.300. The van der Waals surface area contributed by atoms with E-state index in [1.54, 1.807) is 0 Å². The predicted molar refractivity (Wildman–Crippen MR) is 58.6 cm³/mol. The van der Waals surface area contributed by atoms with Crippen molar-refractivity contribution in [2.75, 3.05) is 5.88 Å². The van der Waals surface area contributed by atoms with Crippen LogP contribution in [-0.4, -0.2) is 12.2 Å². The molecule has 70 valence electrons. The molecule has 0 saturated heterocycles. The Hall–Kier alpha value is -0.340. The molecule has 13 heavy (non-hydrogen) atoms. The third-order valence-corrected chi connectivity index (χ3v) is 2.80. The monoisotopic (exact) mass is 260 g/mol. The van der Waals surface area contributed by atoms with Crippen molar-refractivity contribution in [3.63, 3.8) is 0 Å². The molecule has 0 aliphatic heterocycles. The lowest BCUT2D eigenvalue weighted by atomic mass is 10.0. The summed E-state index contributed by atoms with van der Waals surface area (Å²) in [5.41, 5.74) is 1.80. The Bertz CT molecular complexity index is 299. The fourth-order valence-electron chi connectivity index (χ4n) is 1.19. The van der Waals surface area contributed by atoms with Crippen LogP contribution in [0, 0.1) is 0 Å². The Kier molecular flexibility index (Phi) is 4.46. The number of aryl methyl sites for hydroxylation is 1. The molecule has 0 aliphatic rings. The maximum atomic E-state index is 10.7. The highest BCUT2D eigenvalue weighted by Crippen LogP contribution is 2.19. The molecule has 1 aromatic carbocycles. The van der Waals surface area contributed by atoms with Gasteiger partial charge in [-0.25, -0.2) is 0 Å². The third-order valence-electron chi connectivity index (χ3n) is 1.84. The lowest BCUT2D eigenvalue weighted by molar-refractivity contribution is 0.112. The molecule has 0 bridgehead atoms. The van der Waals surface area contributed by atoms with Crippen molar-refractivity contribution < 1.29 is 4.79 Å². The van der Waals surface area contributed by atoms with Gasteiger partial charge >= 0.3 is 0 Å². The van der Waals surface area contributed by atoms with Crippen molar-refractivity contribution in [1.29, 1.82) is 0 Å². The molecule has 1 nitrogen and oxygen atoms in total. The van der Waals surface area contributed by atoms with Crippen LogP contribution in [-0.2, 0) is 6.42 Å². The second kappa shape index (κ2) is 5.40. The first-order valence-electron chi connectivity index (χ1n) is 4.08. The van der Waals surface area contributed by atoms with Gasteiger partial charge in [-0.3, -0.25) is 4.79 Å². The number of carbonyl (C=O) groups excluding carboxylic acids is 1. The van der Waals surface area contributed by atoms with Crippen LogP contribution in [0.2, 0.25) is 0 Å². The molecule has 0 radical (unpaired) electrons. The van der Waals surface area contributed by atoms with Crippen LogP contribution in [0.1, 0.15) is 22.3 Å². The van der Waals surface area contributed by atoms with E-state index in [1.165, 1.54) is 0 Å². The number of rotatable bonds is 4. The lowest BCUT2D eigenvalue weighted by Gasteiger charge is -2.04. The lowest BCUT2D eigenvalue weighted by Crippen LogP contribution is -1.94. The molecule has 0 amide bonds. The Morgan fingerprint density at radius 3 is 2.85 bits per heavy atom. The number of alkyl halides is 1. The molecule has 0 aliphatic carbocycles. The summed E-state index contributed by atoms with van der Waals surface area (Å²) in [5, 5.41) is 0. The minimum Gasteiger partial charge on any atom is -0.298 e. The van der Waals surface area contributed by atoms with Gasteiger partial charge in [0, 0.05) is 15.9 Å². The first-order chi connectivity index (χ1) is 6.29. The normalized spacial score (nSPS) is 10.0. The van der Waals surface area contributed by atoms with Crippen LogP contribution in [0.25, 0.3) is 0 Å². The molecule has 0 fully saturated rings. The van der Waals surface area contributed by atoms with Gasteiger partial charge in [-0.1, -0.05) is 28.1 Å². The van der Waals surface area contributed by atoms with Crippen molar-refractivity contribution >= 4 is 33.8 Å². The number of benzene rings is 1. The molecule has 0 unspecified atom stereocenters. The van der Waals surface area contributed by atoms with Gasteiger partial charge in [0.2, 0.25) is 0 Å². The van der Waals surface area contributed by atoms with Gasteiger partial charge in [-0.15, -0.1) is 11.6 Å². The van der Waals surface area contributed by atoms with E-state index < -0.39 is 0 Å². The van der Waals surface area contributed by atoms with E-state index in [-0.39, 0.29) is 0 Å². The first kappa shape index (κ1) is 10.7. The average Bonchev–Trinajstić information content (AvgIpc) is 2.15. The first-order valence-corrected chi connectivity index (χ1v) is 5.41. The molecule has 0 N–H and O–H groups in total. The Balaban J connectivity index is 2.91. The van der Waals surface area contributed by atoms with E-state index in [4.69, 9.17) is 11.6 Å². The summed E-state index contributed by atoms with van der Waals surface area (Å²) in [5.74, 6) is 0.630. The van der Waals surface area contributed by atoms with Crippen molar-refractivity contribution in [2.24, 2.45) is 0 Å². The average molecular weight is 262 g/mol. The summed E-state index contributed by atoms with van der Waals surface area (Å²) in [6.45, 7) is 0. The standard InChI is InChI=1S/C10H10BrClO/c11-10-5-1-3-8(4-2-6-12)9(10)7-13/h1,3,5,7H,2,4,6H2. The molecule has 0 saturated carbocycles. The maximum absolute atomic E-state index is 10.7.